The van der Waals surface area contributed by atoms with Crippen molar-refractivity contribution < 1.29 is 42.8 Å². The van der Waals surface area contributed by atoms with Crippen LogP contribution in [-0.2, 0) is 13.7 Å². The van der Waals surface area contributed by atoms with Crippen LogP contribution in [0.1, 0.15) is 11.1 Å². The Morgan fingerprint density at radius 2 is 1.50 bits per heavy atom. The lowest BCUT2D eigenvalue weighted by molar-refractivity contribution is -0.0543. The Hall–Kier alpha value is -2.05. The Morgan fingerprint density at radius 3 is 2.04 bits per heavy atom. The summed E-state index contributed by atoms with van der Waals surface area (Å²) < 4.78 is 122. The fourth-order valence-corrected chi connectivity index (χ4v) is 7.12. The molecule has 1 unspecified atom stereocenters. The van der Waals surface area contributed by atoms with E-state index in [0.717, 1.165) is 30.3 Å². The number of halogens is 7. The van der Waals surface area contributed by atoms with E-state index in [1.807, 2.05) is 0 Å². The number of hydrogen-bond donors (Lipinski definition) is 0. The standard InChI is InChI=1S/C16H9F7O3S2/c17-12-7-6-11-8-13(10-4-2-1-3-5-10)27(14(11)9-12,15(18,19)20)26-28(24,25)16(21,22)23/h1-9H. The Balaban J connectivity index is 2.37. The minimum absolute atomic E-state index is 0.205. The Kier molecular flexibility index (Phi) is 4.79. The van der Waals surface area contributed by atoms with Crippen molar-refractivity contribution in [1.29, 1.82) is 0 Å². The maximum atomic E-state index is 14.2. The van der Waals surface area contributed by atoms with Gasteiger partial charge in [0.15, 0.2) is 0 Å². The number of fused-ring (bicyclic) bond motifs is 1. The molecule has 3 nitrogen and oxygen atoms in total. The normalized spacial score (nSPS) is 22.3. The quantitative estimate of drug-likeness (QED) is 0.442. The lowest BCUT2D eigenvalue weighted by Gasteiger charge is -2.39. The van der Waals surface area contributed by atoms with Gasteiger partial charge in [-0.2, -0.15) is 38.4 Å². The third kappa shape index (κ3) is 3.18. The Bertz CT molecular complexity index is 1040. The first kappa shape index (κ1) is 20.7. The SMILES string of the molecule is O=S(=O)(OS1(C(F)(F)F)C(c2ccccc2)=Cc2ccc(F)cc21)C(F)(F)F. The highest BCUT2D eigenvalue weighted by Gasteiger charge is 2.64. The van der Waals surface area contributed by atoms with E-state index in [-0.39, 0.29) is 11.1 Å². The van der Waals surface area contributed by atoms with Gasteiger partial charge in [-0.3, -0.25) is 0 Å². The van der Waals surface area contributed by atoms with Gasteiger partial charge in [0.05, 0.1) is 0 Å². The molecule has 0 amide bonds. The zero-order valence-corrected chi connectivity index (χ0v) is 15.0. The molecule has 0 N–H and O–H groups in total. The van der Waals surface area contributed by atoms with Gasteiger partial charge in [0.1, 0.15) is 5.82 Å². The van der Waals surface area contributed by atoms with Crippen LogP contribution in [0.5, 0.6) is 0 Å². The highest BCUT2D eigenvalue weighted by Crippen LogP contribution is 2.80. The van der Waals surface area contributed by atoms with Gasteiger partial charge in [0.25, 0.3) is 0 Å². The van der Waals surface area contributed by atoms with Gasteiger partial charge in [-0.05, 0) is 29.3 Å². The average molecular weight is 446 g/mol. The highest BCUT2D eigenvalue weighted by atomic mass is 32.3. The second-order valence-electron chi connectivity index (χ2n) is 5.53. The topological polar surface area (TPSA) is 43.4 Å². The van der Waals surface area contributed by atoms with Crippen molar-refractivity contribution in [3.63, 3.8) is 0 Å². The molecule has 152 valence electrons. The number of rotatable bonds is 3. The van der Waals surface area contributed by atoms with Crippen LogP contribution in [0.25, 0.3) is 11.0 Å². The first-order chi connectivity index (χ1) is 12.8. The average Bonchev–Trinajstić information content (AvgIpc) is 2.89. The predicted octanol–water partition coefficient (Wildman–Crippen LogP) is 5.80. The van der Waals surface area contributed by atoms with E-state index in [1.165, 1.54) is 18.2 Å². The molecule has 0 fully saturated rings. The summed E-state index contributed by atoms with van der Waals surface area (Å²) in [5.41, 5.74) is -12.2. The molecular weight excluding hydrogens is 437 g/mol. The van der Waals surface area contributed by atoms with E-state index in [2.05, 4.69) is 3.63 Å². The second kappa shape index (κ2) is 6.49. The summed E-state index contributed by atoms with van der Waals surface area (Å²) in [6, 6.07) is 8.47. The largest absolute Gasteiger partial charge is 0.523 e. The first-order valence-corrected chi connectivity index (χ1v) is 10.2. The molecule has 1 aliphatic heterocycles. The third-order valence-corrected chi connectivity index (χ3v) is 8.44. The number of benzene rings is 2. The van der Waals surface area contributed by atoms with Gasteiger partial charge in [-0.1, -0.05) is 36.4 Å². The van der Waals surface area contributed by atoms with E-state index in [0.29, 0.717) is 6.07 Å². The molecule has 12 heteroatoms. The Labute approximate surface area is 156 Å². The highest BCUT2D eigenvalue weighted by molar-refractivity contribution is 8.41. The van der Waals surface area contributed by atoms with Gasteiger partial charge < -0.3 is 0 Å². The lowest BCUT2D eigenvalue weighted by Crippen LogP contribution is -2.32. The van der Waals surface area contributed by atoms with Crippen molar-refractivity contribution in [2.24, 2.45) is 0 Å². The molecule has 2 aromatic rings. The van der Waals surface area contributed by atoms with Crippen LogP contribution >= 0.6 is 10.3 Å². The van der Waals surface area contributed by atoms with Crippen molar-refractivity contribution in [2.75, 3.05) is 0 Å². The smallest absolute Gasteiger partial charge is 0.207 e. The summed E-state index contributed by atoms with van der Waals surface area (Å²) in [4.78, 5) is -1.83. The summed E-state index contributed by atoms with van der Waals surface area (Å²) in [7, 11) is -11.9. The van der Waals surface area contributed by atoms with E-state index in [1.54, 1.807) is 0 Å². The first-order valence-electron chi connectivity index (χ1n) is 7.28. The fraction of sp³-hybridized carbons (Fsp3) is 0.125. The maximum Gasteiger partial charge on any atom is 0.523 e. The van der Waals surface area contributed by atoms with E-state index >= 15 is 0 Å². The summed E-state index contributed by atoms with van der Waals surface area (Å²) >= 11 is 0. The van der Waals surface area contributed by atoms with Gasteiger partial charge >= 0.3 is 21.1 Å². The van der Waals surface area contributed by atoms with Crippen LogP contribution in [0.3, 0.4) is 0 Å². The minimum Gasteiger partial charge on any atom is -0.207 e. The molecule has 0 aliphatic carbocycles. The van der Waals surface area contributed by atoms with Crippen LogP contribution in [0.15, 0.2) is 53.4 Å². The zero-order valence-electron chi connectivity index (χ0n) is 13.4. The number of hydrogen-bond acceptors (Lipinski definition) is 3. The van der Waals surface area contributed by atoms with E-state index < -0.39 is 47.1 Å². The molecule has 28 heavy (non-hydrogen) atoms. The fourth-order valence-electron chi connectivity index (χ4n) is 2.60. The van der Waals surface area contributed by atoms with E-state index in [9.17, 15) is 39.2 Å². The second-order valence-corrected chi connectivity index (χ2v) is 9.90. The van der Waals surface area contributed by atoms with Crippen LogP contribution in [0.4, 0.5) is 30.7 Å². The summed E-state index contributed by atoms with van der Waals surface area (Å²) in [6.07, 6.45) is 0.860. The minimum atomic E-state index is -6.67. The number of alkyl halides is 6. The molecule has 0 spiro atoms. The van der Waals surface area contributed by atoms with Gasteiger partial charge in [-0.15, -0.1) is 0 Å². The van der Waals surface area contributed by atoms with Crippen molar-refractivity contribution >= 4 is 31.4 Å². The summed E-state index contributed by atoms with van der Waals surface area (Å²) in [6.45, 7) is 0. The molecule has 1 heterocycles. The lowest BCUT2D eigenvalue weighted by atomic mass is 10.1. The van der Waals surface area contributed by atoms with Crippen LogP contribution < -0.4 is 0 Å². The van der Waals surface area contributed by atoms with Crippen molar-refractivity contribution in [2.45, 2.75) is 15.9 Å². The van der Waals surface area contributed by atoms with Gasteiger partial charge in [-0.25, -0.2) is 4.39 Å². The third-order valence-electron chi connectivity index (χ3n) is 3.74. The maximum absolute atomic E-state index is 14.2. The molecule has 0 bridgehead atoms. The van der Waals surface area contributed by atoms with Crippen molar-refractivity contribution in [3.05, 3.63) is 65.5 Å². The van der Waals surface area contributed by atoms with Crippen molar-refractivity contribution in [1.82, 2.24) is 0 Å². The van der Waals surface area contributed by atoms with Crippen LogP contribution in [0.2, 0.25) is 0 Å². The monoisotopic (exact) mass is 446 g/mol. The van der Waals surface area contributed by atoms with Crippen LogP contribution in [0, 0.1) is 5.82 Å². The predicted molar refractivity (Wildman–Crippen MR) is 88.7 cm³/mol. The molecule has 1 aliphatic rings. The van der Waals surface area contributed by atoms with E-state index in [4.69, 9.17) is 0 Å². The van der Waals surface area contributed by atoms with Gasteiger partial charge in [0.2, 0.25) is 0 Å². The molecule has 0 saturated heterocycles. The molecule has 3 rings (SSSR count). The van der Waals surface area contributed by atoms with Crippen LogP contribution in [-0.4, -0.2) is 19.4 Å². The summed E-state index contributed by atoms with van der Waals surface area (Å²) in [5, 5.41) is 0. The summed E-state index contributed by atoms with van der Waals surface area (Å²) in [5.74, 6) is -1.18. The van der Waals surface area contributed by atoms with Gasteiger partial charge in [0, 0.05) is 20.1 Å². The zero-order chi connectivity index (χ0) is 21.0. The molecule has 0 radical (unpaired) electrons. The molecule has 0 aromatic heterocycles. The molecule has 2 aromatic carbocycles. The Morgan fingerprint density at radius 1 is 0.893 bits per heavy atom. The molecule has 1 atom stereocenters. The molecule has 0 saturated carbocycles. The molecular formula is C16H9F7O3S2. The van der Waals surface area contributed by atoms with Crippen molar-refractivity contribution in [3.8, 4) is 0 Å².